The van der Waals surface area contributed by atoms with E-state index in [2.05, 4.69) is 49.0 Å². The zero-order valence-corrected chi connectivity index (χ0v) is 42.8. The third kappa shape index (κ3) is 12.9. The van der Waals surface area contributed by atoms with Crippen LogP contribution in [0.25, 0.3) is 27.7 Å². The predicted octanol–water partition coefficient (Wildman–Crippen LogP) is 5.74. The number of hydrogen-bond donors (Lipinski definition) is 6. The number of amides is 6. The number of primary amides is 2. The monoisotopic (exact) mass is 974 g/mol. The zero-order chi connectivity index (χ0) is 51.8. The molecule has 0 unspecified atom stereocenters. The first-order valence-corrected chi connectivity index (χ1v) is 24.1. The summed E-state index contributed by atoms with van der Waals surface area (Å²) < 4.78 is 8.64. The summed E-state index contributed by atoms with van der Waals surface area (Å²) in [4.78, 5) is 85.7. The Morgan fingerprint density at radius 3 is 1.55 bits per heavy atom. The van der Waals surface area contributed by atoms with Crippen molar-refractivity contribution in [2.45, 2.75) is 66.5 Å². The summed E-state index contributed by atoms with van der Waals surface area (Å²) in [6, 6.07) is 11.5. The highest BCUT2D eigenvalue weighted by Gasteiger charge is 2.29. The topological polar surface area (TPSA) is 234 Å². The van der Waals surface area contributed by atoms with Gasteiger partial charge in [0.2, 0.25) is 5.91 Å². The van der Waals surface area contributed by atoms with E-state index in [0.29, 0.717) is 76.7 Å². The van der Waals surface area contributed by atoms with Crippen LogP contribution in [0.4, 0.5) is 11.4 Å². The summed E-state index contributed by atoms with van der Waals surface area (Å²) >= 11 is 0. The maximum absolute atomic E-state index is 14.3. The molecule has 0 saturated carbocycles. The second-order valence-corrected chi connectivity index (χ2v) is 19.7. The summed E-state index contributed by atoms with van der Waals surface area (Å²) in [5, 5.41) is 12.3. The number of nitrogens with zero attached hydrogens (tertiary/aromatic N) is 7. The van der Waals surface area contributed by atoms with Crippen LogP contribution in [0.15, 0.2) is 67.3 Å². The average Bonchev–Trinajstić information content (AvgIpc) is 4.13. The molecule has 0 radical (unpaired) electrons. The van der Waals surface area contributed by atoms with Crippen LogP contribution < -0.4 is 32.7 Å². The van der Waals surface area contributed by atoms with Crippen molar-refractivity contribution < 1.29 is 28.8 Å². The molecule has 0 bridgehead atoms. The number of carbonyl (C=O) groups excluding carboxylic acids is 6. The Morgan fingerprint density at radius 2 is 1.08 bits per heavy atom. The third-order valence-electron chi connectivity index (χ3n) is 12.3. The highest BCUT2D eigenvalue weighted by Crippen LogP contribution is 2.39. The van der Waals surface area contributed by atoms with Gasteiger partial charge in [0.25, 0.3) is 29.5 Å². The van der Waals surface area contributed by atoms with Gasteiger partial charge in [0, 0.05) is 87.1 Å². The number of nitrogens with two attached hydrogens (primary N) is 2. The lowest BCUT2D eigenvalue weighted by molar-refractivity contribution is 0.0936. The summed E-state index contributed by atoms with van der Waals surface area (Å²) in [6.07, 6.45) is 9.94. The molecule has 6 aromatic rings. The number of carbonyl (C=O) groups is 6. The quantitative estimate of drug-likeness (QED) is 0.0409. The van der Waals surface area contributed by atoms with Crippen LogP contribution in [0, 0.1) is 11.8 Å². The van der Waals surface area contributed by atoms with E-state index in [1.165, 1.54) is 0 Å². The van der Waals surface area contributed by atoms with Crippen molar-refractivity contribution >= 4 is 57.7 Å². The minimum atomic E-state index is -0.799. The van der Waals surface area contributed by atoms with Gasteiger partial charge in [-0.25, -0.2) is 0 Å². The highest BCUT2D eigenvalue weighted by molar-refractivity contribution is 6.14. The molecule has 8 N–H and O–H groups in total. The van der Waals surface area contributed by atoms with Crippen molar-refractivity contribution in [3.63, 3.8) is 0 Å². The fourth-order valence-corrected chi connectivity index (χ4v) is 8.53. The molecule has 71 heavy (non-hydrogen) atoms. The van der Waals surface area contributed by atoms with Gasteiger partial charge in [0.05, 0.1) is 22.6 Å². The molecule has 0 spiro atoms. The van der Waals surface area contributed by atoms with Gasteiger partial charge in [-0.05, 0) is 121 Å². The van der Waals surface area contributed by atoms with E-state index in [1.807, 2.05) is 47.1 Å². The summed E-state index contributed by atoms with van der Waals surface area (Å²) in [7, 11) is 11.4. The molecule has 19 nitrogen and oxygen atoms in total. The lowest BCUT2D eigenvalue weighted by Gasteiger charge is -2.11. The van der Waals surface area contributed by atoms with Gasteiger partial charge in [0.1, 0.15) is 28.5 Å². The summed E-state index contributed by atoms with van der Waals surface area (Å²) in [5.74, 6) is -2.33. The SMILES string of the molecule is CC(C)CCn1cc(-c2c(C(N)=O)n(-c3cc(C(=O)Nc4cc(C(=O)NCCCN(C)C)n(C)c4)n(CCC(C)C)c3)c3ccc(C(N)=O)cc23)cc1C(=O)Nc1cc(C(=O)NCCCN(C)C)n(C)c1. The lowest BCUT2D eigenvalue weighted by Crippen LogP contribution is -2.28. The van der Waals surface area contributed by atoms with Crippen molar-refractivity contribution in [1.29, 1.82) is 0 Å². The van der Waals surface area contributed by atoms with Crippen molar-refractivity contribution in [1.82, 2.24) is 43.3 Å². The molecule has 5 heterocycles. The van der Waals surface area contributed by atoms with Gasteiger partial charge >= 0.3 is 0 Å². The van der Waals surface area contributed by atoms with Crippen molar-refractivity contribution in [2.24, 2.45) is 37.4 Å². The molecule has 0 aliphatic carbocycles. The second-order valence-electron chi connectivity index (χ2n) is 19.7. The standard InChI is InChI=1S/C52H71N13O6/c1-32(2)15-21-63-28-35(24-43(63)51(70)57-36-25-41(61(9)29-36)49(68)55-17-11-19-59(5)6)45-39-23-34(47(53)66)13-14-40(39)65(46(45)48(54)67)38-27-44(64(31-38)22-16-33(3)4)52(71)58-37-26-42(62(10)30-37)50(69)56-18-12-20-60(7)8/h13-14,23-33H,11-12,15-22H2,1-10H3,(H2,53,66)(H2,54,67)(H,55,68)(H,56,69)(H,57,70)(H,58,71). The number of aromatic nitrogens is 5. The molecule has 6 amide bonds. The minimum absolute atomic E-state index is 0.0520. The molecule has 380 valence electrons. The number of nitrogens with one attached hydrogen (secondary N) is 4. The molecule has 19 heteroatoms. The van der Waals surface area contributed by atoms with Gasteiger partial charge in [-0.3, -0.25) is 28.8 Å². The highest BCUT2D eigenvalue weighted by atomic mass is 16.2. The van der Waals surface area contributed by atoms with Crippen LogP contribution in [0.2, 0.25) is 0 Å². The van der Waals surface area contributed by atoms with Gasteiger partial charge in [-0.1, -0.05) is 27.7 Å². The Hall–Kier alpha value is -7.38. The normalized spacial score (nSPS) is 11.6. The van der Waals surface area contributed by atoms with E-state index in [-0.39, 0.29) is 46.3 Å². The van der Waals surface area contributed by atoms with Crippen LogP contribution in [0.5, 0.6) is 0 Å². The van der Waals surface area contributed by atoms with E-state index in [0.717, 1.165) is 38.8 Å². The molecule has 0 aliphatic rings. The summed E-state index contributed by atoms with van der Waals surface area (Å²) in [6.45, 7) is 11.9. The molecule has 1 aromatic carbocycles. The van der Waals surface area contributed by atoms with Crippen molar-refractivity contribution in [3.8, 4) is 16.8 Å². The fraction of sp³-hybridized carbons (Fsp3) is 0.423. The molecule has 6 rings (SSSR count). The number of benzene rings is 1. The van der Waals surface area contributed by atoms with E-state index in [1.54, 1.807) is 95.0 Å². The van der Waals surface area contributed by atoms with Gasteiger partial charge in [-0.2, -0.15) is 0 Å². The van der Waals surface area contributed by atoms with Gasteiger partial charge in [-0.15, -0.1) is 0 Å². The maximum Gasteiger partial charge on any atom is 0.272 e. The van der Waals surface area contributed by atoms with Gasteiger partial charge < -0.3 is 65.4 Å². The van der Waals surface area contributed by atoms with Crippen LogP contribution in [-0.2, 0) is 27.2 Å². The largest absolute Gasteiger partial charge is 0.366 e. The van der Waals surface area contributed by atoms with Crippen LogP contribution in [0.3, 0.4) is 0 Å². The van der Waals surface area contributed by atoms with E-state index >= 15 is 0 Å². The smallest absolute Gasteiger partial charge is 0.272 e. The molecule has 0 aliphatic heterocycles. The molecule has 0 fully saturated rings. The molecular weight excluding hydrogens is 903 g/mol. The third-order valence-corrected chi connectivity index (χ3v) is 12.3. The first-order chi connectivity index (χ1) is 33.6. The van der Waals surface area contributed by atoms with Crippen LogP contribution >= 0.6 is 0 Å². The van der Waals surface area contributed by atoms with Crippen molar-refractivity contribution in [3.05, 3.63) is 101 Å². The number of rotatable bonds is 24. The number of anilines is 2. The predicted molar refractivity (Wildman–Crippen MR) is 278 cm³/mol. The lowest BCUT2D eigenvalue weighted by atomic mass is 10.0. The maximum atomic E-state index is 14.3. The molecular formula is C52H71N13O6. The zero-order valence-electron chi connectivity index (χ0n) is 42.8. The minimum Gasteiger partial charge on any atom is -0.366 e. The fourth-order valence-electron chi connectivity index (χ4n) is 8.53. The van der Waals surface area contributed by atoms with Crippen molar-refractivity contribution in [2.75, 3.05) is 65.0 Å². The summed E-state index contributed by atoms with van der Waals surface area (Å²) in [5.41, 5.74) is 16.4. The number of fused-ring (bicyclic) bond motifs is 1. The van der Waals surface area contributed by atoms with E-state index in [4.69, 9.17) is 11.5 Å². The van der Waals surface area contributed by atoms with Crippen LogP contribution in [0.1, 0.15) is 116 Å². The Balaban J connectivity index is 1.42. The first kappa shape index (κ1) is 53.0. The molecule has 0 atom stereocenters. The Kier molecular flexibility index (Phi) is 17.2. The van der Waals surface area contributed by atoms with Gasteiger partial charge in [0.15, 0.2) is 0 Å². The molecule has 5 aromatic heterocycles. The average molecular weight is 974 g/mol. The van der Waals surface area contributed by atoms with E-state index < -0.39 is 23.6 Å². The Bertz CT molecular complexity index is 2920. The van der Waals surface area contributed by atoms with E-state index in [9.17, 15) is 28.8 Å². The number of aryl methyl sites for hydroxylation is 4. The Morgan fingerprint density at radius 1 is 0.592 bits per heavy atom. The number of hydrogen-bond acceptors (Lipinski definition) is 8. The Labute approximate surface area is 415 Å². The van der Waals surface area contributed by atoms with Crippen LogP contribution in [-0.4, -0.2) is 122 Å². The second kappa shape index (κ2) is 23.0. The molecule has 0 saturated heterocycles. The first-order valence-electron chi connectivity index (χ1n) is 24.1.